The molecule has 0 bridgehead atoms. The molecule has 0 aliphatic carbocycles. The molecule has 0 saturated carbocycles. The minimum atomic E-state index is -2.05. The third kappa shape index (κ3) is 3.91. The Kier molecular flexibility index (Phi) is 6.06. The summed E-state index contributed by atoms with van der Waals surface area (Å²) in [5.74, 6) is -0.593. The van der Waals surface area contributed by atoms with Gasteiger partial charge >= 0.3 is 5.97 Å². The number of rotatable bonds is 8. The summed E-state index contributed by atoms with van der Waals surface area (Å²) in [5, 5.41) is 11.7. The fraction of sp³-hybridized carbons (Fsp3) is 0.292. The summed E-state index contributed by atoms with van der Waals surface area (Å²) in [6.45, 7) is -0.0416. The van der Waals surface area contributed by atoms with Gasteiger partial charge in [-0.15, -0.1) is 0 Å². The largest absolute Gasteiger partial charge is 0.497 e. The summed E-state index contributed by atoms with van der Waals surface area (Å²) in [4.78, 5) is 12.9. The molecule has 0 saturated heterocycles. The first kappa shape index (κ1) is 22.3. The summed E-state index contributed by atoms with van der Waals surface area (Å²) < 4.78 is 37.6. The fourth-order valence-corrected chi connectivity index (χ4v) is 3.84. The highest BCUT2D eigenvalue weighted by atomic mass is 16.7. The lowest BCUT2D eigenvalue weighted by molar-refractivity contribution is -0.186. The number of hydrogen-bond acceptors (Lipinski definition) is 9. The first-order chi connectivity index (χ1) is 15.9. The molecule has 1 atom stereocenters. The molecule has 2 heterocycles. The number of carbonyl (C=O) groups excluding carboxylic acids is 1. The molecule has 0 radical (unpaired) electrons. The second-order valence-electron chi connectivity index (χ2n) is 7.22. The van der Waals surface area contributed by atoms with Crippen molar-refractivity contribution in [3.8, 4) is 23.0 Å². The Labute approximate surface area is 190 Å². The van der Waals surface area contributed by atoms with Crippen molar-refractivity contribution in [3.05, 3.63) is 70.7 Å². The summed E-state index contributed by atoms with van der Waals surface area (Å²) in [5.41, 5.74) is 1.33. The molecule has 4 rings (SSSR count). The van der Waals surface area contributed by atoms with Gasteiger partial charge in [-0.3, -0.25) is 0 Å². The number of cyclic esters (lactones) is 1. The molecule has 9 nitrogen and oxygen atoms in total. The van der Waals surface area contributed by atoms with Crippen molar-refractivity contribution in [2.24, 2.45) is 0 Å². The van der Waals surface area contributed by atoms with Gasteiger partial charge in [0.15, 0.2) is 17.3 Å². The normalized spacial score (nSPS) is 19.4. The predicted molar refractivity (Wildman–Crippen MR) is 115 cm³/mol. The van der Waals surface area contributed by atoms with Crippen LogP contribution in [0.1, 0.15) is 11.1 Å². The van der Waals surface area contributed by atoms with Gasteiger partial charge in [0.05, 0.1) is 28.4 Å². The lowest BCUT2D eigenvalue weighted by Gasteiger charge is -2.26. The van der Waals surface area contributed by atoms with Crippen LogP contribution in [-0.4, -0.2) is 46.3 Å². The van der Waals surface area contributed by atoms with E-state index in [9.17, 15) is 9.90 Å². The zero-order valence-electron chi connectivity index (χ0n) is 18.7. The number of hydrogen-bond donors (Lipinski definition) is 1. The van der Waals surface area contributed by atoms with E-state index in [0.717, 1.165) is 0 Å². The van der Waals surface area contributed by atoms with Gasteiger partial charge in [0.2, 0.25) is 6.79 Å². The number of aliphatic hydroxyl groups is 1. The maximum absolute atomic E-state index is 12.9. The van der Waals surface area contributed by atoms with E-state index in [-0.39, 0.29) is 30.1 Å². The molecule has 2 aliphatic heterocycles. The number of esters is 1. The van der Waals surface area contributed by atoms with E-state index in [1.54, 1.807) is 36.4 Å². The van der Waals surface area contributed by atoms with Crippen molar-refractivity contribution in [1.29, 1.82) is 0 Å². The standard InChI is InChI=1S/C24H24O9/c1-27-16-7-5-15(6-8-16)24(26)17(22(23(25)33-24)21-12-31-13-32-21)9-14-10-19(29-3)20(30-4)11-18(14)28-2/h5-8,10-12,26H,9,13H2,1-4H3. The quantitative estimate of drug-likeness (QED) is 0.601. The lowest BCUT2D eigenvalue weighted by Crippen LogP contribution is -2.29. The van der Waals surface area contributed by atoms with Gasteiger partial charge in [0.25, 0.3) is 5.79 Å². The van der Waals surface area contributed by atoms with E-state index in [1.807, 2.05) is 0 Å². The van der Waals surface area contributed by atoms with Crippen LogP contribution in [0, 0.1) is 0 Å². The molecule has 1 N–H and O–H groups in total. The highest BCUT2D eigenvalue weighted by Gasteiger charge is 2.50. The van der Waals surface area contributed by atoms with Crippen molar-refractivity contribution >= 4 is 5.97 Å². The number of ether oxygens (including phenoxy) is 7. The maximum Gasteiger partial charge on any atom is 0.345 e. The molecule has 33 heavy (non-hydrogen) atoms. The molecular formula is C24H24O9. The Morgan fingerprint density at radius 1 is 0.939 bits per heavy atom. The Morgan fingerprint density at radius 3 is 2.18 bits per heavy atom. The summed E-state index contributed by atoms with van der Waals surface area (Å²) >= 11 is 0. The lowest BCUT2D eigenvalue weighted by atomic mass is 9.89. The molecule has 9 heteroatoms. The average molecular weight is 456 g/mol. The fourth-order valence-electron chi connectivity index (χ4n) is 3.84. The molecule has 0 fully saturated rings. The van der Waals surface area contributed by atoms with Crippen LogP contribution >= 0.6 is 0 Å². The van der Waals surface area contributed by atoms with E-state index in [2.05, 4.69) is 0 Å². The van der Waals surface area contributed by atoms with Crippen LogP contribution in [0.5, 0.6) is 23.0 Å². The van der Waals surface area contributed by atoms with Crippen molar-refractivity contribution in [2.75, 3.05) is 35.2 Å². The van der Waals surface area contributed by atoms with Gasteiger partial charge in [-0.2, -0.15) is 0 Å². The van der Waals surface area contributed by atoms with Crippen LogP contribution in [-0.2, 0) is 31.2 Å². The van der Waals surface area contributed by atoms with Crippen LogP contribution < -0.4 is 18.9 Å². The monoisotopic (exact) mass is 456 g/mol. The molecule has 0 amide bonds. The van der Waals surface area contributed by atoms with Gasteiger partial charge in [0.1, 0.15) is 23.3 Å². The summed E-state index contributed by atoms with van der Waals surface area (Å²) in [6, 6.07) is 9.99. The van der Waals surface area contributed by atoms with E-state index >= 15 is 0 Å². The molecule has 2 aromatic carbocycles. The molecule has 174 valence electrons. The van der Waals surface area contributed by atoms with Crippen LogP contribution in [0.4, 0.5) is 0 Å². The van der Waals surface area contributed by atoms with E-state index in [1.165, 1.54) is 34.7 Å². The minimum absolute atomic E-state index is 0.0416. The smallest absolute Gasteiger partial charge is 0.345 e. The van der Waals surface area contributed by atoms with Gasteiger partial charge in [-0.25, -0.2) is 4.79 Å². The molecule has 2 aliphatic rings. The topological polar surface area (TPSA) is 102 Å². The zero-order chi connectivity index (χ0) is 23.6. The molecule has 1 unspecified atom stereocenters. The molecule has 0 aromatic heterocycles. The molecule has 0 spiro atoms. The van der Waals surface area contributed by atoms with Crippen LogP contribution in [0.3, 0.4) is 0 Å². The third-order valence-corrected chi connectivity index (χ3v) is 5.51. The van der Waals surface area contributed by atoms with Gasteiger partial charge in [-0.05, 0) is 30.3 Å². The number of carbonyl (C=O) groups is 1. The first-order valence-corrected chi connectivity index (χ1v) is 10.0. The van der Waals surface area contributed by atoms with Gasteiger partial charge in [-0.1, -0.05) is 0 Å². The Morgan fingerprint density at radius 2 is 1.61 bits per heavy atom. The van der Waals surface area contributed by atoms with Gasteiger partial charge < -0.3 is 38.3 Å². The second kappa shape index (κ2) is 8.95. The van der Waals surface area contributed by atoms with Crippen molar-refractivity contribution in [2.45, 2.75) is 12.2 Å². The highest BCUT2D eigenvalue weighted by molar-refractivity contribution is 5.97. The SMILES string of the molecule is COc1ccc(C2(O)OC(=O)C(C3=COCO3)=C2Cc2cc(OC)c(OC)cc2OC)cc1. The van der Waals surface area contributed by atoms with E-state index in [0.29, 0.717) is 34.1 Å². The zero-order valence-corrected chi connectivity index (χ0v) is 18.7. The highest BCUT2D eigenvalue weighted by Crippen LogP contribution is 2.46. The first-order valence-electron chi connectivity index (χ1n) is 10.0. The van der Waals surface area contributed by atoms with E-state index < -0.39 is 11.8 Å². The number of methoxy groups -OCH3 is 4. The van der Waals surface area contributed by atoms with Gasteiger partial charge in [0, 0.05) is 29.2 Å². The summed E-state index contributed by atoms with van der Waals surface area (Å²) in [7, 11) is 6.09. The molecule has 2 aromatic rings. The van der Waals surface area contributed by atoms with Crippen LogP contribution in [0.25, 0.3) is 0 Å². The average Bonchev–Trinajstić information content (AvgIpc) is 3.45. The maximum atomic E-state index is 12.9. The van der Waals surface area contributed by atoms with Crippen LogP contribution in [0.15, 0.2) is 59.6 Å². The minimum Gasteiger partial charge on any atom is -0.497 e. The van der Waals surface area contributed by atoms with Crippen molar-refractivity contribution in [3.63, 3.8) is 0 Å². The van der Waals surface area contributed by atoms with Crippen LogP contribution in [0.2, 0.25) is 0 Å². The van der Waals surface area contributed by atoms with Crippen molar-refractivity contribution < 1.29 is 43.1 Å². The second-order valence-corrected chi connectivity index (χ2v) is 7.22. The number of benzene rings is 2. The third-order valence-electron chi connectivity index (χ3n) is 5.51. The predicted octanol–water partition coefficient (Wildman–Crippen LogP) is 2.81. The Bertz CT molecular complexity index is 1120. The van der Waals surface area contributed by atoms with E-state index in [4.69, 9.17) is 33.2 Å². The molecular weight excluding hydrogens is 432 g/mol. The van der Waals surface area contributed by atoms with Crippen molar-refractivity contribution in [1.82, 2.24) is 0 Å². The summed E-state index contributed by atoms with van der Waals surface area (Å²) in [6.07, 6.45) is 1.40. The Hall–Kier alpha value is -3.85. The Balaban J connectivity index is 1.87.